The smallest absolute Gasteiger partial charge is 0.311 e. The number of hydrogen-bond donors (Lipinski definition) is 2. The fourth-order valence-corrected chi connectivity index (χ4v) is 3.36. The zero-order valence-electron chi connectivity index (χ0n) is 15.8. The van der Waals surface area contributed by atoms with Crippen LogP contribution < -0.4 is 10.6 Å². The van der Waals surface area contributed by atoms with Crippen LogP contribution in [0.3, 0.4) is 0 Å². The Labute approximate surface area is 159 Å². The summed E-state index contributed by atoms with van der Waals surface area (Å²) in [6.07, 6.45) is 4.81. The summed E-state index contributed by atoms with van der Waals surface area (Å²) in [5.74, 6) is 0.904. The fraction of sp³-hybridized carbons (Fsp3) is 0.450. The molecule has 0 unspecified atom stereocenters. The molecule has 0 aliphatic carbocycles. The summed E-state index contributed by atoms with van der Waals surface area (Å²) in [5, 5.41) is 17.7. The Balaban J connectivity index is 1.61. The predicted octanol–water partition coefficient (Wildman–Crippen LogP) is 4.33. The van der Waals surface area contributed by atoms with E-state index in [9.17, 15) is 10.1 Å². The monoisotopic (exact) mass is 369 g/mol. The van der Waals surface area contributed by atoms with E-state index in [0.29, 0.717) is 18.2 Å². The Kier molecular flexibility index (Phi) is 6.59. The first kappa shape index (κ1) is 19.1. The van der Waals surface area contributed by atoms with Crippen LogP contribution in [-0.2, 0) is 0 Å². The van der Waals surface area contributed by atoms with Gasteiger partial charge in [-0.3, -0.25) is 10.1 Å². The lowest BCUT2D eigenvalue weighted by molar-refractivity contribution is -0.384. The van der Waals surface area contributed by atoms with E-state index in [1.165, 1.54) is 25.3 Å². The third-order valence-corrected chi connectivity index (χ3v) is 4.75. The summed E-state index contributed by atoms with van der Waals surface area (Å²) < 4.78 is 0. The minimum absolute atomic E-state index is 0.00256. The molecule has 7 heteroatoms. The van der Waals surface area contributed by atoms with E-state index in [1.807, 2.05) is 31.2 Å². The zero-order chi connectivity index (χ0) is 19.1. The quantitative estimate of drug-likeness (QED) is 0.409. The van der Waals surface area contributed by atoms with Crippen molar-refractivity contribution >= 4 is 23.0 Å². The number of nitro groups is 1. The summed E-state index contributed by atoms with van der Waals surface area (Å²) in [6, 6.07) is 11.1. The Morgan fingerprint density at radius 2 is 2.00 bits per heavy atom. The molecule has 0 atom stereocenters. The molecule has 7 nitrogen and oxygen atoms in total. The molecular formula is C20H27N5O2. The lowest BCUT2D eigenvalue weighted by atomic mass is 10.1. The van der Waals surface area contributed by atoms with Gasteiger partial charge in [-0.2, -0.15) is 0 Å². The van der Waals surface area contributed by atoms with Crippen molar-refractivity contribution in [2.75, 3.05) is 36.8 Å². The number of piperidine rings is 1. The molecule has 0 saturated carbocycles. The molecular weight excluding hydrogens is 342 g/mol. The van der Waals surface area contributed by atoms with Gasteiger partial charge in [0.15, 0.2) is 0 Å². The number of nitrogens with one attached hydrogen (secondary N) is 2. The van der Waals surface area contributed by atoms with Crippen molar-refractivity contribution in [3.05, 3.63) is 52.1 Å². The van der Waals surface area contributed by atoms with E-state index < -0.39 is 4.92 Å². The van der Waals surface area contributed by atoms with Crippen LogP contribution in [0.25, 0.3) is 0 Å². The van der Waals surface area contributed by atoms with Crippen molar-refractivity contribution in [2.24, 2.45) is 0 Å². The molecule has 0 radical (unpaired) electrons. The molecule has 0 bridgehead atoms. The molecule has 2 heterocycles. The highest BCUT2D eigenvalue weighted by Gasteiger charge is 2.16. The van der Waals surface area contributed by atoms with Crippen LogP contribution in [0.1, 0.15) is 31.2 Å². The predicted molar refractivity (Wildman–Crippen MR) is 109 cm³/mol. The maximum atomic E-state index is 11.3. The molecule has 1 aliphatic heterocycles. The molecule has 1 aromatic heterocycles. The van der Waals surface area contributed by atoms with E-state index in [2.05, 4.69) is 20.5 Å². The van der Waals surface area contributed by atoms with Gasteiger partial charge in [-0.05, 0) is 69.6 Å². The number of aryl methyl sites for hydroxylation is 1. The Morgan fingerprint density at radius 3 is 2.74 bits per heavy atom. The van der Waals surface area contributed by atoms with E-state index in [-0.39, 0.29) is 5.69 Å². The third-order valence-electron chi connectivity index (χ3n) is 4.75. The Hall–Kier alpha value is -2.67. The van der Waals surface area contributed by atoms with Crippen LogP contribution in [0, 0.1) is 17.0 Å². The lowest BCUT2D eigenvalue weighted by Gasteiger charge is -2.26. The second kappa shape index (κ2) is 9.32. The number of nitrogens with zero attached hydrogens (tertiary/aromatic N) is 3. The first-order valence-electron chi connectivity index (χ1n) is 9.57. The van der Waals surface area contributed by atoms with Crippen molar-refractivity contribution < 1.29 is 4.92 Å². The van der Waals surface area contributed by atoms with Gasteiger partial charge in [0.25, 0.3) is 0 Å². The molecule has 3 rings (SSSR count). The van der Waals surface area contributed by atoms with Crippen molar-refractivity contribution in [2.45, 2.75) is 32.6 Å². The van der Waals surface area contributed by atoms with Gasteiger partial charge in [0.05, 0.1) is 4.92 Å². The summed E-state index contributed by atoms with van der Waals surface area (Å²) in [7, 11) is 0. The van der Waals surface area contributed by atoms with E-state index in [4.69, 9.17) is 0 Å². The van der Waals surface area contributed by atoms with Gasteiger partial charge in [0, 0.05) is 18.3 Å². The molecule has 0 spiro atoms. The first-order valence-corrected chi connectivity index (χ1v) is 9.57. The second-order valence-electron chi connectivity index (χ2n) is 7.00. The second-order valence-corrected chi connectivity index (χ2v) is 7.00. The van der Waals surface area contributed by atoms with Gasteiger partial charge in [0.1, 0.15) is 5.82 Å². The maximum Gasteiger partial charge on any atom is 0.311 e. The van der Waals surface area contributed by atoms with Gasteiger partial charge < -0.3 is 15.5 Å². The van der Waals surface area contributed by atoms with Crippen LogP contribution >= 0.6 is 0 Å². The van der Waals surface area contributed by atoms with E-state index in [1.54, 1.807) is 6.07 Å². The number of aromatic nitrogens is 1. The third kappa shape index (κ3) is 5.65. The standard InChI is InChI=1S/C20H27N5O2/c1-16-7-5-8-17(15-16)22-19-10-9-18(25(26)27)20(23-19)21-11-6-14-24-12-3-2-4-13-24/h5,7-10,15H,2-4,6,11-14H2,1H3,(H2,21,22,23). The highest BCUT2D eigenvalue weighted by molar-refractivity contribution is 5.64. The van der Waals surface area contributed by atoms with Gasteiger partial charge in [-0.25, -0.2) is 4.98 Å². The van der Waals surface area contributed by atoms with Crippen molar-refractivity contribution in [3.8, 4) is 0 Å². The normalized spacial score (nSPS) is 14.7. The number of pyridine rings is 1. The molecule has 2 aromatic rings. The molecule has 1 aromatic carbocycles. The van der Waals surface area contributed by atoms with Crippen molar-refractivity contribution in [1.29, 1.82) is 0 Å². The minimum atomic E-state index is -0.392. The van der Waals surface area contributed by atoms with E-state index >= 15 is 0 Å². The van der Waals surface area contributed by atoms with Crippen LogP contribution in [0.5, 0.6) is 0 Å². The number of hydrogen-bond acceptors (Lipinski definition) is 6. The molecule has 2 N–H and O–H groups in total. The number of likely N-dealkylation sites (tertiary alicyclic amines) is 1. The molecule has 0 amide bonds. The summed E-state index contributed by atoms with van der Waals surface area (Å²) in [4.78, 5) is 17.8. The largest absolute Gasteiger partial charge is 0.364 e. The SMILES string of the molecule is Cc1cccc(Nc2ccc([N+](=O)[O-])c(NCCCN3CCCCC3)n2)c1. The Bertz CT molecular complexity index is 775. The fourth-order valence-electron chi connectivity index (χ4n) is 3.36. The van der Waals surface area contributed by atoms with Gasteiger partial charge >= 0.3 is 5.69 Å². The highest BCUT2D eigenvalue weighted by Crippen LogP contribution is 2.26. The first-order chi connectivity index (χ1) is 13.1. The lowest BCUT2D eigenvalue weighted by Crippen LogP contribution is -2.31. The van der Waals surface area contributed by atoms with Gasteiger partial charge in [-0.15, -0.1) is 0 Å². The van der Waals surface area contributed by atoms with Gasteiger partial charge in [0.2, 0.25) is 5.82 Å². The van der Waals surface area contributed by atoms with Crippen molar-refractivity contribution in [3.63, 3.8) is 0 Å². The van der Waals surface area contributed by atoms with Crippen molar-refractivity contribution in [1.82, 2.24) is 9.88 Å². The number of anilines is 3. The minimum Gasteiger partial charge on any atom is -0.364 e. The average molecular weight is 369 g/mol. The van der Waals surface area contributed by atoms with Crippen LogP contribution in [0.4, 0.5) is 23.0 Å². The number of benzene rings is 1. The average Bonchev–Trinajstić information content (AvgIpc) is 2.66. The summed E-state index contributed by atoms with van der Waals surface area (Å²) in [6.45, 7) is 6.02. The van der Waals surface area contributed by atoms with E-state index in [0.717, 1.165) is 37.3 Å². The zero-order valence-corrected chi connectivity index (χ0v) is 15.8. The molecule has 1 aliphatic rings. The number of rotatable bonds is 8. The molecule has 1 saturated heterocycles. The van der Waals surface area contributed by atoms with Crippen LogP contribution in [0.2, 0.25) is 0 Å². The van der Waals surface area contributed by atoms with Crippen LogP contribution in [-0.4, -0.2) is 41.0 Å². The van der Waals surface area contributed by atoms with Crippen LogP contribution in [0.15, 0.2) is 36.4 Å². The molecule has 27 heavy (non-hydrogen) atoms. The maximum absolute atomic E-state index is 11.3. The van der Waals surface area contributed by atoms with Gasteiger partial charge in [-0.1, -0.05) is 18.6 Å². The molecule has 144 valence electrons. The summed E-state index contributed by atoms with van der Waals surface area (Å²) in [5.41, 5.74) is 2.05. The molecule has 1 fully saturated rings. The summed E-state index contributed by atoms with van der Waals surface area (Å²) >= 11 is 0. The topological polar surface area (TPSA) is 83.3 Å². The Morgan fingerprint density at radius 1 is 1.19 bits per heavy atom. The highest BCUT2D eigenvalue weighted by atomic mass is 16.6.